The van der Waals surface area contributed by atoms with E-state index in [-0.39, 0.29) is 30.0 Å². The van der Waals surface area contributed by atoms with Gasteiger partial charge in [-0.1, -0.05) is 32.0 Å². The second kappa shape index (κ2) is 9.89. The fourth-order valence-electron chi connectivity index (χ4n) is 3.20. The van der Waals surface area contributed by atoms with E-state index in [0.717, 1.165) is 38.9 Å². The van der Waals surface area contributed by atoms with E-state index in [0.29, 0.717) is 18.0 Å². The van der Waals surface area contributed by atoms with Crippen molar-refractivity contribution in [3.05, 3.63) is 35.6 Å². The van der Waals surface area contributed by atoms with E-state index < -0.39 is 0 Å². The normalized spacial score (nSPS) is 16.5. The van der Waals surface area contributed by atoms with Gasteiger partial charge in [0.1, 0.15) is 5.82 Å². The Kier molecular flexibility index (Phi) is 8.56. The fourth-order valence-corrected chi connectivity index (χ4v) is 3.20. The Morgan fingerprint density at radius 2 is 2.00 bits per heavy atom. The molecular formula is C18H28ClFN2O. The topological polar surface area (TPSA) is 32.3 Å². The van der Waals surface area contributed by atoms with Gasteiger partial charge in [-0.15, -0.1) is 12.4 Å². The van der Waals surface area contributed by atoms with Crippen LogP contribution in [0.3, 0.4) is 0 Å². The standard InChI is InChI=1S/C18H27FN2O.ClH/c1-3-12-21(16-8-10-20-11-9-16)18(22)14(2)13-15-6-4-5-7-17(15)19;/h4-7,14,16,20H,3,8-13H2,1-2H3;1H. The molecule has 0 saturated carbocycles. The summed E-state index contributed by atoms with van der Waals surface area (Å²) in [6, 6.07) is 7.07. The van der Waals surface area contributed by atoms with Crippen LogP contribution in [0.5, 0.6) is 0 Å². The van der Waals surface area contributed by atoms with Crippen molar-refractivity contribution in [1.29, 1.82) is 0 Å². The van der Waals surface area contributed by atoms with Gasteiger partial charge in [0.2, 0.25) is 5.91 Å². The van der Waals surface area contributed by atoms with Crippen molar-refractivity contribution in [2.24, 2.45) is 5.92 Å². The molecule has 1 aliphatic rings. The maximum absolute atomic E-state index is 13.8. The lowest BCUT2D eigenvalue weighted by Gasteiger charge is -2.36. The van der Waals surface area contributed by atoms with Gasteiger partial charge >= 0.3 is 0 Å². The third kappa shape index (κ3) is 5.47. The Bertz CT molecular complexity index is 492. The quantitative estimate of drug-likeness (QED) is 0.859. The molecular weight excluding hydrogens is 315 g/mol. The molecule has 1 saturated heterocycles. The smallest absolute Gasteiger partial charge is 0.225 e. The van der Waals surface area contributed by atoms with Crippen LogP contribution in [0.4, 0.5) is 4.39 Å². The van der Waals surface area contributed by atoms with Crippen LogP contribution in [0.15, 0.2) is 24.3 Å². The molecule has 2 rings (SSSR count). The van der Waals surface area contributed by atoms with E-state index >= 15 is 0 Å². The number of hydrogen-bond acceptors (Lipinski definition) is 2. The first-order valence-electron chi connectivity index (χ1n) is 8.38. The number of nitrogens with one attached hydrogen (secondary N) is 1. The monoisotopic (exact) mass is 342 g/mol. The highest BCUT2D eigenvalue weighted by Crippen LogP contribution is 2.19. The minimum atomic E-state index is -0.217. The largest absolute Gasteiger partial charge is 0.339 e. The molecule has 0 aromatic heterocycles. The number of piperidine rings is 1. The molecule has 1 fully saturated rings. The first-order valence-corrected chi connectivity index (χ1v) is 8.38. The van der Waals surface area contributed by atoms with E-state index in [9.17, 15) is 9.18 Å². The van der Waals surface area contributed by atoms with Crippen LogP contribution in [0.2, 0.25) is 0 Å². The van der Waals surface area contributed by atoms with Crippen LogP contribution in [-0.2, 0) is 11.2 Å². The molecule has 23 heavy (non-hydrogen) atoms. The van der Waals surface area contributed by atoms with Gasteiger partial charge in [0.25, 0.3) is 0 Å². The molecule has 1 N–H and O–H groups in total. The third-order valence-corrected chi connectivity index (χ3v) is 4.40. The lowest BCUT2D eigenvalue weighted by molar-refractivity contribution is -0.138. The van der Waals surface area contributed by atoms with Gasteiger partial charge in [0.05, 0.1) is 0 Å². The SMILES string of the molecule is CCCN(C(=O)C(C)Cc1ccccc1F)C1CCNCC1.Cl. The molecule has 130 valence electrons. The minimum Gasteiger partial charge on any atom is -0.339 e. The van der Waals surface area contributed by atoms with Gasteiger partial charge in [-0.2, -0.15) is 0 Å². The Labute approximate surface area is 145 Å². The van der Waals surface area contributed by atoms with E-state index in [1.807, 2.05) is 17.9 Å². The summed E-state index contributed by atoms with van der Waals surface area (Å²) >= 11 is 0. The third-order valence-electron chi connectivity index (χ3n) is 4.40. The zero-order valence-corrected chi connectivity index (χ0v) is 14.9. The van der Waals surface area contributed by atoms with E-state index in [1.165, 1.54) is 6.07 Å². The van der Waals surface area contributed by atoms with Crippen molar-refractivity contribution in [3.63, 3.8) is 0 Å². The molecule has 1 aromatic rings. The van der Waals surface area contributed by atoms with Gasteiger partial charge in [0, 0.05) is 18.5 Å². The summed E-state index contributed by atoms with van der Waals surface area (Å²) in [5.41, 5.74) is 0.630. The average Bonchev–Trinajstić information content (AvgIpc) is 2.55. The summed E-state index contributed by atoms with van der Waals surface area (Å²) in [6.07, 6.45) is 3.45. The maximum Gasteiger partial charge on any atom is 0.225 e. The summed E-state index contributed by atoms with van der Waals surface area (Å²) in [7, 11) is 0. The molecule has 5 heteroatoms. The number of amides is 1. The van der Waals surface area contributed by atoms with Gasteiger partial charge in [0.15, 0.2) is 0 Å². The fraction of sp³-hybridized carbons (Fsp3) is 0.611. The predicted octanol–water partition coefficient (Wildman–Crippen LogP) is 3.42. The summed E-state index contributed by atoms with van der Waals surface area (Å²) in [4.78, 5) is 14.9. The molecule has 1 amide bonds. The first kappa shape index (κ1) is 19.9. The highest BCUT2D eigenvalue weighted by atomic mass is 35.5. The highest BCUT2D eigenvalue weighted by Gasteiger charge is 2.28. The van der Waals surface area contributed by atoms with Crippen molar-refractivity contribution in [1.82, 2.24) is 10.2 Å². The van der Waals surface area contributed by atoms with Crippen molar-refractivity contribution in [2.75, 3.05) is 19.6 Å². The van der Waals surface area contributed by atoms with Crippen LogP contribution >= 0.6 is 12.4 Å². The van der Waals surface area contributed by atoms with E-state index in [1.54, 1.807) is 12.1 Å². The average molecular weight is 343 g/mol. The van der Waals surface area contributed by atoms with Crippen molar-refractivity contribution in [2.45, 2.75) is 45.6 Å². The molecule has 1 aliphatic heterocycles. The second-order valence-electron chi connectivity index (χ2n) is 6.21. The number of benzene rings is 1. The molecule has 1 atom stereocenters. The van der Waals surface area contributed by atoms with Gasteiger partial charge in [-0.3, -0.25) is 4.79 Å². The Hall–Kier alpha value is -1.13. The molecule has 3 nitrogen and oxygen atoms in total. The van der Waals surface area contributed by atoms with Gasteiger partial charge < -0.3 is 10.2 Å². The van der Waals surface area contributed by atoms with E-state index in [2.05, 4.69) is 12.2 Å². The van der Waals surface area contributed by atoms with Crippen LogP contribution < -0.4 is 5.32 Å². The van der Waals surface area contributed by atoms with E-state index in [4.69, 9.17) is 0 Å². The van der Waals surface area contributed by atoms with Crippen molar-refractivity contribution >= 4 is 18.3 Å². The summed E-state index contributed by atoms with van der Waals surface area (Å²) in [6.45, 7) is 6.76. The number of carbonyl (C=O) groups excluding carboxylic acids is 1. The maximum atomic E-state index is 13.8. The Balaban J connectivity index is 0.00000264. The predicted molar refractivity (Wildman–Crippen MR) is 94.4 cm³/mol. The number of hydrogen-bond donors (Lipinski definition) is 1. The number of carbonyl (C=O) groups is 1. The Morgan fingerprint density at radius 3 is 2.61 bits per heavy atom. The molecule has 1 unspecified atom stereocenters. The van der Waals surface area contributed by atoms with Crippen molar-refractivity contribution in [3.8, 4) is 0 Å². The van der Waals surface area contributed by atoms with Crippen LogP contribution in [-0.4, -0.2) is 36.5 Å². The van der Waals surface area contributed by atoms with Gasteiger partial charge in [-0.25, -0.2) is 4.39 Å². The lowest BCUT2D eigenvalue weighted by atomic mass is 9.96. The zero-order chi connectivity index (χ0) is 15.9. The number of halogens is 2. The Morgan fingerprint density at radius 1 is 1.35 bits per heavy atom. The molecule has 1 aromatic carbocycles. The van der Waals surface area contributed by atoms with Crippen LogP contribution in [0.25, 0.3) is 0 Å². The van der Waals surface area contributed by atoms with Crippen molar-refractivity contribution < 1.29 is 9.18 Å². The number of nitrogens with zero attached hydrogens (tertiary/aromatic N) is 1. The second-order valence-corrected chi connectivity index (χ2v) is 6.21. The minimum absolute atomic E-state index is 0. The summed E-state index contributed by atoms with van der Waals surface area (Å²) in [5.74, 6) is -0.235. The summed E-state index contributed by atoms with van der Waals surface area (Å²) < 4.78 is 13.8. The lowest BCUT2D eigenvalue weighted by Crippen LogP contribution is -2.48. The van der Waals surface area contributed by atoms with Crippen LogP contribution in [0, 0.1) is 11.7 Å². The molecule has 1 heterocycles. The molecule has 0 radical (unpaired) electrons. The first-order chi connectivity index (χ1) is 10.6. The molecule has 0 aliphatic carbocycles. The number of rotatable bonds is 6. The zero-order valence-electron chi connectivity index (χ0n) is 14.1. The highest BCUT2D eigenvalue weighted by molar-refractivity contribution is 5.85. The molecule has 0 bridgehead atoms. The van der Waals surface area contributed by atoms with Crippen LogP contribution in [0.1, 0.15) is 38.7 Å². The molecule has 0 spiro atoms. The van der Waals surface area contributed by atoms with Gasteiger partial charge in [-0.05, 0) is 50.4 Å². The summed E-state index contributed by atoms with van der Waals surface area (Å²) in [5, 5.41) is 3.34.